The second-order valence-electron chi connectivity index (χ2n) is 7.84. The summed E-state index contributed by atoms with van der Waals surface area (Å²) in [6.07, 6.45) is -0.949. The average molecular weight is 424 g/mol. The predicted molar refractivity (Wildman–Crippen MR) is 106 cm³/mol. The van der Waals surface area contributed by atoms with Gasteiger partial charge in [-0.05, 0) is 44.6 Å². The number of hydrogen-bond acceptors (Lipinski definition) is 5. The molecule has 1 aliphatic heterocycles. The summed E-state index contributed by atoms with van der Waals surface area (Å²) in [5, 5.41) is 10.9. The first-order valence-electron chi connectivity index (χ1n) is 9.95. The van der Waals surface area contributed by atoms with Gasteiger partial charge < -0.3 is 10.2 Å². The average Bonchev–Trinajstić information content (AvgIpc) is 3.18. The molecule has 0 saturated carbocycles. The standard InChI is InChI=1S/C20H27F3N6O/c1-27(2)12-9-24-19(30)18-14-29(26-25-18)17-7-10-28(11-8-17)13-15-3-5-16(6-4-15)20(21,22)23/h3-6,14,17H,7-13H2,1-2H3,(H,24,30). The lowest BCUT2D eigenvalue weighted by Gasteiger charge is -2.31. The summed E-state index contributed by atoms with van der Waals surface area (Å²) >= 11 is 0. The van der Waals surface area contributed by atoms with Gasteiger partial charge in [-0.25, -0.2) is 4.68 Å². The molecule has 0 atom stereocenters. The Labute approximate surface area is 173 Å². The lowest BCUT2D eigenvalue weighted by Crippen LogP contribution is -2.34. The van der Waals surface area contributed by atoms with Gasteiger partial charge in [0.2, 0.25) is 0 Å². The van der Waals surface area contributed by atoms with Crippen LogP contribution >= 0.6 is 0 Å². The van der Waals surface area contributed by atoms with Gasteiger partial charge in [0.15, 0.2) is 5.69 Å². The second kappa shape index (κ2) is 9.57. The molecule has 0 radical (unpaired) electrons. The van der Waals surface area contributed by atoms with Crippen molar-refractivity contribution in [2.45, 2.75) is 31.6 Å². The van der Waals surface area contributed by atoms with E-state index in [0.717, 1.165) is 50.2 Å². The minimum atomic E-state index is -4.31. The molecule has 1 N–H and O–H groups in total. The molecule has 2 heterocycles. The van der Waals surface area contributed by atoms with E-state index in [0.29, 0.717) is 18.8 Å². The van der Waals surface area contributed by atoms with Crippen LogP contribution in [0.3, 0.4) is 0 Å². The second-order valence-corrected chi connectivity index (χ2v) is 7.84. The number of alkyl halides is 3. The van der Waals surface area contributed by atoms with Crippen LogP contribution in [-0.4, -0.2) is 71.0 Å². The molecule has 1 aliphatic rings. The quantitative estimate of drug-likeness (QED) is 0.740. The van der Waals surface area contributed by atoms with Crippen molar-refractivity contribution in [2.24, 2.45) is 0 Å². The number of likely N-dealkylation sites (N-methyl/N-ethyl adjacent to an activating group) is 1. The number of carbonyl (C=O) groups excluding carboxylic acids is 1. The first-order chi connectivity index (χ1) is 14.2. The topological polar surface area (TPSA) is 66.3 Å². The highest BCUT2D eigenvalue weighted by atomic mass is 19.4. The Morgan fingerprint density at radius 1 is 1.20 bits per heavy atom. The van der Waals surface area contributed by atoms with Gasteiger partial charge in [0, 0.05) is 32.7 Å². The van der Waals surface area contributed by atoms with Crippen LogP contribution in [-0.2, 0) is 12.7 Å². The Kier molecular flexibility index (Phi) is 7.09. The van der Waals surface area contributed by atoms with Crippen molar-refractivity contribution >= 4 is 5.91 Å². The van der Waals surface area contributed by atoms with E-state index in [2.05, 4.69) is 20.5 Å². The Hall–Kier alpha value is -2.46. The van der Waals surface area contributed by atoms with E-state index in [1.165, 1.54) is 12.1 Å². The molecule has 0 spiro atoms. The maximum absolute atomic E-state index is 12.7. The fourth-order valence-electron chi connectivity index (χ4n) is 3.44. The zero-order valence-electron chi connectivity index (χ0n) is 17.2. The number of likely N-dealkylation sites (tertiary alicyclic amines) is 1. The van der Waals surface area contributed by atoms with E-state index in [1.807, 2.05) is 19.0 Å². The zero-order valence-corrected chi connectivity index (χ0v) is 17.2. The van der Waals surface area contributed by atoms with E-state index in [1.54, 1.807) is 10.9 Å². The fraction of sp³-hybridized carbons (Fsp3) is 0.550. The number of piperidine rings is 1. The molecular weight excluding hydrogens is 397 g/mol. The highest BCUT2D eigenvalue weighted by molar-refractivity contribution is 5.91. The van der Waals surface area contributed by atoms with Crippen LogP contribution in [0.4, 0.5) is 13.2 Å². The molecule has 3 rings (SSSR count). The fourth-order valence-corrected chi connectivity index (χ4v) is 3.44. The van der Waals surface area contributed by atoms with Crippen LogP contribution in [0.5, 0.6) is 0 Å². The summed E-state index contributed by atoms with van der Waals surface area (Å²) in [5.41, 5.74) is 0.539. The Bertz CT molecular complexity index is 826. The number of amides is 1. The Balaban J connectivity index is 1.47. The number of halogens is 3. The van der Waals surface area contributed by atoms with Gasteiger partial charge in [0.05, 0.1) is 17.8 Å². The number of nitrogens with zero attached hydrogens (tertiary/aromatic N) is 5. The van der Waals surface area contributed by atoms with E-state index >= 15 is 0 Å². The first-order valence-corrected chi connectivity index (χ1v) is 9.95. The lowest BCUT2D eigenvalue weighted by molar-refractivity contribution is -0.137. The van der Waals surface area contributed by atoms with Gasteiger partial charge in [-0.15, -0.1) is 5.10 Å². The minimum absolute atomic E-state index is 0.157. The van der Waals surface area contributed by atoms with E-state index < -0.39 is 11.7 Å². The summed E-state index contributed by atoms with van der Waals surface area (Å²) in [5.74, 6) is -0.233. The molecule has 1 fully saturated rings. The van der Waals surface area contributed by atoms with Gasteiger partial charge >= 0.3 is 6.18 Å². The number of rotatable bonds is 7. The maximum atomic E-state index is 12.7. The summed E-state index contributed by atoms with van der Waals surface area (Å²) in [6, 6.07) is 5.48. The van der Waals surface area contributed by atoms with Crippen molar-refractivity contribution in [3.05, 3.63) is 47.3 Å². The molecule has 1 aromatic carbocycles. The molecule has 164 valence electrons. The predicted octanol–water partition coefficient (Wildman–Crippen LogP) is 2.43. The third-order valence-corrected chi connectivity index (χ3v) is 5.21. The zero-order chi connectivity index (χ0) is 21.7. The molecule has 1 amide bonds. The number of nitrogens with one attached hydrogen (secondary N) is 1. The number of aromatic nitrogens is 3. The molecule has 1 aromatic heterocycles. The largest absolute Gasteiger partial charge is 0.416 e. The summed E-state index contributed by atoms with van der Waals surface area (Å²) < 4.78 is 39.8. The number of benzene rings is 1. The maximum Gasteiger partial charge on any atom is 0.416 e. The highest BCUT2D eigenvalue weighted by Gasteiger charge is 2.30. The first kappa shape index (κ1) is 22.2. The van der Waals surface area contributed by atoms with E-state index in [-0.39, 0.29) is 11.9 Å². The lowest BCUT2D eigenvalue weighted by atomic mass is 10.0. The molecule has 7 nitrogen and oxygen atoms in total. The molecule has 0 unspecified atom stereocenters. The molecule has 2 aromatic rings. The number of hydrogen-bond donors (Lipinski definition) is 1. The van der Waals surface area contributed by atoms with Crippen LogP contribution in [0.1, 0.15) is 40.5 Å². The van der Waals surface area contributed by atoms with Crippen LogP contribution in [0, 0.1) is 0 Å². The molecule has 1 saturated heterocycles. The van der Waals surface area contributed by atoms with Gasteiger partial charge in [-0.3, -0.25) is 9.69 Å². The summed E-state index contributed by atoms with van der Waals surface area (Å²) in [4.78, 5) is 16.3. The van der Waals surface area contributed by atoms with Gasteiger partial charge in [0.1, 0.15) is 0 Å². The normalized spacial score (nSPS) is 16.2. The van der Waals surface area contributed by atoms with Crippen molar-refractivity contribution in [2.75, 3.05) is 40.3 Å². The van der Waals surface area contributed by atoms with E-state index in [4.69, 9.17) is 0 Å². The monoisotopic (exact) mass is 424 g/mol. The SMILES string of the molecule is CN(C)CCNC(=O)c1cn(C2CCN(Cc3ccc(C(F)(F)F)cc3)CC2)nn1. The van der Waals surface area contributed by atoms with Gasteiger partial charge in [-0.2, -0.15) is 13.2 Å². The molecule has 0 aliphatic carbocycles. The number of carbonyl (C=O) groups is 1. The van der Waals surface area contributed by atoms with Crippen LogP contribution < -0.4 is 5.32 Å². The van der Waals surface area contributed by atoms with Crippen molar-refractivity contribution in [1.82, 2.24) is 30.1 Å². The molecule has 30 heavy (non-hydrogen) atoms. The third-order valence-electron chi connectivity index (χ3n) is 5.21. The van der Waals surface area contributed by atoms with Crippen molar-refractivity contribution in [3.8, 4) is 0 Å². The van der Waals surface area contributed by atoms with Crippen molar-refractivity contribution in [3.63, 3.8) is 0 Å². The molecule has 10 heteroatoms. The smallest absolute Gasteiger partial charge is 0.349 e. The van der Waals surface area contributed by atoms with Crippen molar-refractivity contribution < 1.29 is 18.0 Å². The van der Waals surface area contributed by atoms with Gasteiger partial charge in [-0.1, -0.05) is 17.3 Å². The third kappa shape index (κ3) is 6.02. The Morgan fingerprint density at radius 2 is 1.87 bits per heavy atom. The Morgan fingerprint density at radius 3 is 2.47 bits per heavy atom. The van der Waals surface area contributed by atoms with Crippen LogP contribution in [0.15, 0.2) is 30.5 Å². The summed E-state index contributed by atoms with van der Waals surface area (Å²) in [6.45, 7) is 3.51. The summed E-state index contributed by atoms with van der Waals surface area (Å²) in [7, 11) is 3.87. The van der Waals surface area contributed by atoms with Crippen LogP contribution in [0.2, 0.25) is 0 Å². The molecular formula is C20H27F3N6O. The highest BCUT2D eigenvalue weighted by Crippen LogP contribution is 2.29. The minimum Gasteiger partial charge on any atom is -0.349 e. The van der Waals surface area contributed by atoms with Crippen LogP contribution in [0.25, 0.3) is 0 Å². The van der Waals surface area contributed by atoms with Crippen molar-refractivity contribution in [1.29, 1.82) is 0 Å². The van der Waals surface area contributed by atoms with E-state index in [9.17, 15) is 18.0 Å². The molecule has 0 bridgehead atoms. The van der Waals surface area contributed by atoms with Gasteiger partial charge in [0.25, 0.3) is 5.91 Å².